The standard InChI is InChI=1S/C16H13ClN2O3S/c1-7-5-9(3-4-10(7)17)6-11-18-14(20)12-8(2)13(16(21)22)23-15(12)19-11/h3-5H,6H2,1-2H3,(H,21,22)(H,18,19,20). The molecule has 0 aliphatic heterocycles. The van der Waals surface area contributed by atoms with Crippen molar-refractivity contribution in [3.05, 3.63) is 61.0 Å². The molecule has 2 heterocycles. The summed E-state index contributed by atoms with van der Waals surface area (Å²) in [5.74, 6) is -0.540. The average molecular weight is 349 g/mol. The molecule has 2 N–H and O–H groups in total. The van der Waals surface area contributed by atoms with Crippen LogP contribution in [0.25, 0.3) is 10.2 Å². The van der Waals surface area contributed by atoms with Crippen LogP contribution < -0.4 is 5.56 Å². The highest BCUT2D eigenvalue weighted by molar-refractivity contribution is 7.20. The Morgan fingerprint density at radius 2 is 2.13 bits per heavy atom. The number of nitrogens with zero attached hydrogens (tertiary/aromatic N) is 1. The second-order valence-electron chi connectivity index (χ2n) is 5.31. The summed E-state index contributed by atoms with van der Waals surface area (Å²) in [6.45, 7) is 3.54. The minimum atomic E-state index is -1.04. The second-order valence-corrected chi connectivity index (χ2v) is 6.72. The van der Waals surface area contributed by atoms with E-state index in [0.29, 0.717) is 33.0 Å². The van der Waals surface area contributed by atoms with Gasteiger partial charge in [0.2, 0.25) is 0 Å². The monoisotopic (exact) mass is 348 g/mol. The molecule has 1 aromatic carbocycles. The van der Waals surface area contributed by atoms with Gasteiger partial charge in [-0.25, -0.2) is 9.78 Å². The summed E-state index contributed by atoms with van der Waals surface area (Å²) in [5.41, 5.74) is 2.07. The summed E-state index contributed by atoms with van der Waals surface area (Å²) in [6.07, 6.45) is 0.447. The molecule has 0 aliphatic rings. The van der Waals surface area contributed by atoms with E-state index >= 15 is 0 Å². The lowest BCUT2D eigenvalue weighted by atomic mass is 10.1. The van der Waals surface area contributed by atoms with E-state index in [1.807, 2.05) is 19.1 Å². The van der Waals surface area contributed by atoms with Crippen molar-refractivity contribution in [2.24, 2.45) is 0 Å². The molecule has 23 heavy (non-hydrogen) atoms. The van der Waals surface area contributed by atoms with Crippen molar-refractivity contribution < 1.29 is 9.90 Å². The summed E-state index contributed by atoms with van der Waals surface area (Å²) < 4.78 is 0. The fraction of sp³-hybridized carbons (Fsp3) is 0.188. The maximum absolute atomic E-state index is 12.3. The molecule has 5 nitrogen and oxygen atoms in total. The number of rotatable bonds is 3. The molecule has 118 valence electrons. The molecule has 3 rings (SSSR count). The Morgan fingerprint density at radius 3 is 2.78 bits per heavy atom. The Labute approximate surface area is 140 Å². The van der Waals surface area contributed by atoms with Crippen LogP contribution in [0.4, 0.5) is 0 Å². The van der Waals surface area contributed by atoms with Crippen molar-refractivity contribution >= 4 is 39.1 Å². The zero-order valence-electron chi connectivity index (χ0n) is 12.4. The number of thiophene rings is 1. The Kier molecular flexibility index (Phi) is 3.95. The molecule has 0 amide bonds. The average Bonchev–Trinajstić information content (AvgIpc) is 2.80. The van der Waals surface area contributed by atoms with Crippen LogP contribution in [0.1, 0.15) is 32.2 Å². The van der Waals surface area contributed by atoms with E-state index in [0.717, 1.165) is 22.5 Å². The van der Waals surface area contributed by atoms with Gasteiger partial charge in [-0.3, -0.25) is 4.79 Å². The van der Waals surface area contributed by atoms with Gasteiger partial charge in [0.1, 0.15) is 15.5 Å². The lowest BCUT2D eigenvalue weighted by Crippen LogP contribution is -2.12. The number of hydrogen-bond donors (Lipinski definition) is 2. The molecule has 0 saturated heterocycles. The SMILES string of the molecule is Cc1cc(Cc2nc3sc(C(=O)O)c(C)c3c(=O)[nH]2)ccc1Cl. The molecule has 0 spiro atoms. The van der Waals surface area contributed by atoms with Gasteiger partial charge >= 0.3 is 5.97 Å². The van der Waals surface area contributed by atoms with E-state index in [1.165, 1.54) is 0 Å². The fourth-order valence-corrected chi connectivity index (χ4v) is 3.64. The van der Waals surface area contributed by atoms with Crippen LogP contribution >= 0.6 is 22.9 Å². The van der Waals surface area contributed by atoms with Crippen molar-refractivity contribution in [2.45, 2.75) is 20.3 Å². The number of benzene rings is 1. The molecule has 0 saturated carbocycles. The predicted octanol–water partition coefficient (Wildman–Crippen LogP) is 3.54. The van der Waals surface area contributed by atoms with Crippen LogP contribution in [-0.4, -0.2) is 21.0 Å². The number of nitrogens with one attached hydrogen (secondary N) is 1. The van der Waals surface area contributed by atoms with Crippen LogP contribution in [0.5, 0.6) is 0 Å². The first kappa shape index (κ1) is 15.7. The third-order valence-electron chi connectivity index (χ3n) is 3.64. The highest BCUT2D eigenvalue weighted by Crippen LogP contribution is 2.27. The third kappa shape index (κ3) is 2.87. The van der Waals surface area contributed by atoms with Crippen molar-refractivity contribution in [3.63, 3.8) is 0 Å². The second kappa shape index (κ2) is 5.79. The van der Waals surface area contributed by atoms with Crippen LogP contribution in [0.3, 0.4) is 0 Å². The van der Waals surface area contributed by atoms with Crippen molar-refractivity contribution in [1.29, 1.82) is 0 Å². The zero-order valence-corrected chi connectivity index (χ0v) is 14.0. The number of carbonyl (C=O) groups is 1. The summed E-state index contributed by atoms with van der Waals surface area (Å²) in [6, 6.07) is 5.62. The summed E-state index contributed by atoms with van der Waals surface area (Å²) in [5, 5.41) is 10.2. The smallest absolute Gasteiger partial charge is 0.346 e. The van der Waals surface area contributed by atoms with Crippen LogP contribution in [-0.2, 0) is 6.42 Å². The molecule has 2 aromatic heterocycles. The molecule has 0 radical (unpaired) electrons. The topological polar surface area (TPSA) is 83.0 Å². The quantitative estimate of drug-likeness (QED) is 0.758. The van der Waals surface area contributed by atoms with Gasteiger partial charge in [-0.2, -0.15) is 0 Å². The minimum absolute atomic E-state index is 0.150. The van der Waals surface area contributed by atoms with Gasteiger partial charge in [-0.15, -0.1) is 11.3 Å². The number of aromatic nitrogens is 2. The number of fused-ring (bicyclic) bond motifs is 1. The molecule has 3 aromatic rings. The van der Waals surface area contributed by atoms with Crippen molar-refractivity contribution in [2.75, 3.05) is 0 Å². The molecule has 0 atom stereocenters. The van der Waals surface area contributed by atoms with Crippen molar-refractivity contribution in [1.82, 2.24) is 9.97 Å². The first-order valence-corrected chi connectivity index (χ1v) is 8.07. The van der Waals surface area contributed by atoms with Gasteiger partial charge in [-0.1, -0.05) is 23.7 Å². The number of carboxylic acids is 1. The van der Waals surface area contributed by atoms with Crippen LogP contribution in [0, 0.1) is 13.8 Å². The highest BCUT2D eigenvalue weighted by atomic mass is 35.5. The predicted molar refractivity (Wildman–Crippen MR) is 90.9 cm³/mol. The van der Waals surface area contributed by atoms with E-state index in [2.05, 4.69) is 9.97 Å². The minimum Gasteiger partial charge on any atom is -0.477 e. The van der Waals surface area contributed by atoms with Crippen LogP contribution in [0.15, 0.2) is 23.0 Å². The van der Waals surface area contributed by atoms with Crippen LogP contribution in [0.2, 0.25) is 5.02 Å². The zero-order chi connectivity index (χ0) is 16.7. The third-order valence-corrected chi connectivity index (χ3v) is 5.24. The molecular formula is C16H13ClN2O3S. The lowest BCUT2D eigenvalue weighted by Gasteiger charge is -2.04. The van der Waals surface area contributed by atoms with E-state index in [4.69, 9.17) is 11.6 Å². The number of hydrogen-bond acceptors (Lipinski definition) is 4. The molecule has 0 unspecified atom stereocenters. The summed E-state index contributed by atoms with van der Waals surface area (Å²) >= 11 is 7.03. The Balaban J connectivity index is 2.07. The van der Waals surface area contributed by atoms with Gasteiger partial charge in [0.05, 0.1) is 5.39 Å². The lowest BCUT2D eigenvalue weighted by molar-refractivity contribution is 0.0701. The molecule has 7 heteroatoms. The molecule has 0 aliphatic carbocycles. The number of aromatic amines is 1. The number of H-pyrrole nitrogens is 1. The maximum Gasteiger partial charge on any atom is 0.346 e. The van der Waals surface area contributed by atoms with Gasteiger partial charge in [0.25, 0.3) is 5.56 Å². The van der Waals surface area contributed by atoms with E-state index in [9.17, 15) is 14.7 Å². The Bertz CT molecular complexity index is 991. The van der Waals surface area contributed by atoms with Gasteiger partial charge in [-0.05, 0) is 36.6 Å². The van der Waals surface area contributed by atoms with Gasteiger partial charge < -0.3 is 10.1 Å². The molecular weight excluding hydrogens is 336 g/mol. The first-order valence-electron chi connectivity index (χ1n) is 6.87. The molecule has 0 fully saturated rings. The number of carboxylic acid groups (broad SMARTS) is 1. The summed E-state index contributed by atoms with van der Waals surface area (Å²) in [7, 11) is 0. The van der Waals surface area contributed by atoms with E-state index in [-0.39, 0.29) is 10.4 Å². The van der Waals surface area contributed by atoms with Gasteiger partial charge in [0, 0.05) is 11.4 Å². The van der Waals surface area contributed by atoms with Crippen molar-refractivity contribution in [3.8, 4) is 0 Å². The highest BCUT2D eigenvalue weighted by Gasteiger charge is 2.18. The number of halogens is 1. The first-order chi connectivity index (χ1) is 10.9. The molecule has 0 bridgehead atoms. The van der Waals surface area contributed by atoms with Gasteiger partial charge in [0.15, 0.2) is 0 Å². The Morgan fingerprint density at radius 1 is 1.39 bits per heavy atom. The normalized spacial score (nSPS) is 11.1. The number of aromatic carboxylic acids is 1. The summed E-state index contributed by atoms with van der Waals surface area (Å²) in [4.78, 5) is 31.2. The largest absolute Gasteiger partial charge is 0.477 e. The number of aryl methyl sites for hydroxylation is 2. The maximum atomic E-state index is 12.3. The van der Waals surface area contributed by atoms with E-state index < -0.39 is 5.97 Å². The fourth-order valence-electron chi connectivity index (χ4n) is 2.49. The van der Waals surface area contributed by atoms with E-state index in [1.54, 1.807) is 13.0 Å². The Hall–Kier alpha value is -2.18.